The van der Waals surface area contributed by atoms with Crippen molar-refractivity contribution in [3.63, 3.8) is 0 Å². The van der Waals surface area contributed by atoms with Crippen LogP contribution in [0.15, 0.2) is 18.2 Å². The van der Waals surface area contributed by atoms with E-state index in [0.29, 0.717) is 0 Å². The summed E-state index contributed by atoms with van der Waals surface area (Å²) in [7, 11) is 0. The summed E-state index contributed by atoms with van der Waals surface area (Å²) in [5, 5.41) is 0. The van der Waals surface area contributed by atoms with Crippen LogP contribution in [0.4, 0.5) is 0 Å². The summed E-state index contributed by atoms with van der Waals surface area (Å²) in [5.41, 5.74) is 2.15. The van der Waals surface area contributed by atoms with Gasteiger partial charge in [-0.15, -0.1) is 0 Å². The Labute approximate surface area is 121 Å². The molecule has 1 aliphatic rings. The van der Waals surface area contributed by atoms with Gasteiger partial charge in [0.05, 0.1) is 0 Å². The molecule has 1 aromatic carbocycles. The molecule has 20 heavy (non-hydrogen) atoms. The van der Waals surface area contributed by atoms with Crippen LogP contribution in [0.25, 0.3) is 0 Å². The summed E-state index contributed by atoms with van der Waals surface area (Å²) < 4.78 is 5.73. The third-order valence-corrected chi connectivity index (χ3v) is 3.92. The van der Waals surface area contributed by atoms with Crippen molar-refractivity contribution in [2.45, 2.75) is 20.8 Å². The van der Waals surface area contributed by atoms with E-state index in [-0.39, 0.29) is 12.5 Å². The second-order valence-corrected chi connectivity index (χ2v) is 5.32. The molecule has 0 spiro atoms. The van der Waals surface area contributed by atoms with E-state index in [0.717, 1.165) is 49.6 Å². The summed E-state index contributed by atoms with van der Waals surface area (Å²) >= 11 is 0. The number of hydrogen-bond acceptors (Lipinski definition) is 3. The minimum absolute atomic E-state index is 0.0865. The van der Waals surface area contributed by atoms with Crippen LogP contribution < -0.4 is 4.74 Å². The first-order valence-corrected chi connectivity index (χ1v) is 7.31. The lowest BCUT2D eigenvalue weighted by molar-refractivity contribution is -0.135. The Morgan fingerprint density at radius 3 is 2.30 bits per heavy atom. The number of carbonyl (C=O) groups excluding carboxylic acids is 1. The molecule has 1 aliphatic heterocycles. The first-order valence-electron chi connectivity index (χ1n) is 7.31. The Balaban J connectivity index is 1.87. The molecule has 0 saturated carbocycles. The fourth-order valence-electron chi connectivity index (χ4n) is 2.57. The molecule has 4 heteroatoms. The molecule has 1 amide bonds. The van der Waals surface area contributed by atoms with Crippen molar-refractivity contribution < 1.29 is 9.53 Å². The third-order valence-electron chi connectivity index (χ3n) is 3.92. The summed E-state index contributed by atoms with van der Waals surface area (Å²) in [6.07, 6.45) is 0. The van der Waals surface area contributed by atoms with Gasteiger partial charge in [-0.1, -0.05) is 25.1 Å². The van der Waals surface area contributed by atoms with Crippen LogP contribution in [-0.4, -0.2) is 55.0 Å². The molecule has 0 atom stereocenters. The molecule has 1 aromatic rings. The number of rotatable bonds is 4. The quantitative estimate of drug-likeness (QED) is 0.841. The zero-order valence-corrected chi connectivity index (χ0v) is 12.7. The van der Waals surface area contributed by atoms with Gasteiger partial charge in [0.2, 0.25) is 0 Å². The fourth-order valence-corrected chi connectivity index (χ4v) is 2.57. The monoisotopic (exact) mass is 276 g/mol. The highest BCUT2D eigenvalue weighted by Crippen LogP contribution is 2.22. The minimum Gasteiger partial charge on any atom is -0.483 e. The van der Waals surface area contributed by atoms with E-state index in [9.17, 15) is 4.79 Å². The standard InChI is InChI=1S/C16H24N2O2/c1-4-17-8-10-18(11-9-17)15(19)12-20-16-13(2)6-5-7-14(16)3/h5-7H,4,8-12H2,1-3H3. The molecule has 2 rings (SSSR count). The van der Waals surface area contributed by atoms with Gasteiger partial charge in [-0.05, 0) is 31.5 Å². The molecule has 0 bridgehead atoms. The second-order valence-electron chi connectivity index (χ2n) is 5.32. The lowest BCUT2D eigenvalue weighted by Crippen LogP contribution is -2.49. The van der Waals surface area contributed by atoms with Gasteiger partial charge < -0.3 is 14.5 Å². The number of amides is 1. The van der Waals surface area contributed by atoms with Gasteiger partial charge in [-0.3, -0.25) is 4.79 Å². The maximum atomic E-state index is 12.2. The Morgan fingerprint density at radius 1 is 1.15 bits per heavy atom. The van der Waals surface area contributed by atoms with Crippen LogP contribution >= 0.6 is 0 Å². The Hall–Kier alpha value is -1.55. The number of piperazine rings is 1. The highest BCUT2D eigenvalue weighted by Gasteiger charge is 2.20. The van der Waals surface area contributed by atoms with Crippen molar-refractivity contribution >= 4 is 5.91 Å². The molecule has 0 N–H and O–H groups in total. The molecule has 1 saturated heterocycles. The third kappa shape index (κ3) is 3.51. The first-order chi connectivity index (χ1) is 9.61. The smallest absolute Gasteiger partial charge is 0.260 e. The van der Waals surface area contributed by atoms with E-state index < -0.39 is 0 Å². The van der Waals surface area contributed by atoms with Crippen molar-refractivity contribution in [3.8, 4) is 5.75 Å². The molecule has 0 aliphatic carbocycles. The number of hydrogen-bond donors (Lipinski definition) is 0. The van der Waals surface area contributed by atoms with Gasteiger partial charge in [0.25, 0.3) is 5.91 Å². The van der Waals surface area contributed by atoms with Gasteiger partial charge in [-0.2, -0.15) is 0 Å². The zero-order chi connectivity index (χ0) is 14.5. The van der Waals surface area contributed by atoms with Crippen molar-refractivity contribution in [2.75, 3.05) is 39.3 Å². The zero-order valence-electron chi connectivity index (χ0n) is 12.7. The minimum atomic E-state index is 0.0865. The van der Waals surface area contributed by atoms with Gasteiger partial charge in [0.15, 0.2) is 6.61 Å². The number of para-hydroxylation sites is 1. The number of likely N-dealkylation sites (N-methyl/N-ethyl adjacent to an activating group) is 1. The van der Waals surface area contributed by atoms with Crippen LogP contribution in [0.3, 0.4) is 0 Å². The molecule has 0 unspecified atom stereocenters. The summed E-state index contributed by atoms with van der Waals surface area (Å²) in [5.74, 6) is 0.927. The predicted octanol–water partition coefficient (Wildman–Crippen LogP) is 1.85. The van der Waals surface area contributed by atoms with Gasteiger partial charge in [0.1, 0.15) is 5.75 Å². The topological polar surface area (TPSA) is 32.8 Å². The molecule has 110 valence electrons. The highest BCUT2D eigenvalue weighted by atomic mass is 16.5. The van der Waals surface area contributed by atoms with Crippen molar-refractivity contribution in [1.29, 1.82) is 0 Å². The first kappa shape index (κ1) is 14.9. The normalized spacial score (nSPS) is 16.2. The summed E-state index contributed by atoms with van der Waals surface area (Å²) in [4.78, 5) is 16.4. The Morgan fingerprint density at radius 2 is 1.75 bits per heavy atom. The summed E-state index contributed by atoms with van der Waals surface area (Å²) in [6, 6.07) is 6.02. The van der Waals surface area contributed by atoms with Crippen LogP contribution in [-0.2, 0) is 4.79 Å². The number of aryl methyl sites for hydroxylation is 2. The largest absolute Gasteiger partial charge is 0.483 e. The van der Waals surface area contributed by atoms with Crippen molar-refractivity contribution in [3.05, 3.63) is 29.3 Å². The van der Waals surface area contributed by atoms with E-state index in [4.69, 9.17) is 4.74 Å². The average molecular weight is 276 g/mol. The molecule has 1 heterocycles. The number of ether oxygens (including phenoxy) is 1. The van der Waals surface area contributed by atoms with Gasteiger partial charge in [0, 0.05) is 26.2 Å². The van der Waals surface area contributed by atoms with Crippen molar-refractivity contribution in [2.24, 2.45) is 0 Å². The maximum absolute atomic E-state index is 12.2. The van der Waals surface area contributed by atoms with E-state index in [1.54, 1.807) is 0 Å². The van der Waals surface area contributed by atoms with Crippen LogP contribution in [0.1, 0.15) is 18.1 Å². The predicted molar refractivity (Wildman–Crippen MR) is 80.1 cm³/mol. The van der Waals surface area contributed by atoms with E-state index >= 15 is 0 Å². The molecule has 1 fully saturated rings. The number of nitrogens with zero attached hydrogens (tertiary/aromatic N) is 2. The fraction of sp³-hybridized carbons (Fsp3) is 0.562. The summed E-state index contributed by atoms with van der Waals surface area (Å²) in [6.45, 7) is 10.9. The second kappa shape index (κ2) is 6.75. The molecule has 4 nitrogen and oxygen atoms in total. The lowest BCUT2D eigenvalue weighted by atomic mass is 10.1. The van der Waals surface area contributed by atoms with Gasteiger partial charge >= 0.3 is 0 Å². The van der Waals surface area contributed by atoms with Crippen LogP contribution in [0, 0.1) is 13.8 Å². The van der Waals surface area contributed by atoms with E-state index in [2.05, 4.69) is 11.8 Å². The molecule has 0 aromatic heterocycles. The van der Waals surface area contributed by atoms with E-state index in [1.807, 2.05) is 36.9 Å². The number of benzene rings is 1. The molecular weight excluding hydrogens is 252 g/mol. The SMILES string of the molecule is CCN1CCN(C(=O)COc2c(C)cccc2C)CC1. The van der Waals surface area contributed by atoms with E-state index in [1.165, 1.54) is 0 Å². The molecular formula is C16H24N2O2. The van der Waals surface area contributed by atoms with Crippen LogP contribution in [0.5, 0.6) is 5.75 Å². The Bertz CT molecular complexity index is 445. The Kier molecular flexibility index (Phi) is 5.01. The highest BCUT2D eigenvalue weighted by molar-refractivity contribution is 5.78. The lowest BCUT2D eigenvalue weighted by Gasteiger charge is -2.34. The van der Waals surface area contributed by atoms with Crippen LogP contribution in [0.2, 0.25) is 0 Å². The maximum Gasteiger partial charge on any atom is 0.260 e. The van der Waals surface area contributed by atoms with Gasteiger partial charge in [-0.25, -0.2) is 0 Å². The van der Waals surface area contributed by atoms with Crippen molar-refractivity contribution in [1.82, 2.24) is 9.80 Å². The molecule has 0 radical (unpaired) electrons. The number of carbonyl (C=O) groups is 1. The average Bonchev–Trinajstić information content (AvgIpc) is 2.46.